The highest BCUT2D eigenvalue weighted by Gasteiger charge is 2.35. The lowest BCUT2D eigenvalue weighted by molar-refractivity contribution is -0.0360. The topological polar surface area (TPSA) is 94.2 Å². The van der Waals surface area contributed by atoms with Gasteiger partial charge in [-0.1, -0.05) is 36.4 Å². The minimum absolute atomic E-state index is 0.0820. The number of para-hydroxylation sites is 1. The van der Waals surface area contributed by atoms with Crippen LogP contribution in [-0.4, -0.2) is 83.0 Å². The summed E-state index contributed by atoms with van der Waals surface area (Å²) in [4.78, 5) is 14.8. The van der Waals surface area contributed by atoms with Crippen LogP contribution in [-0.2, 0) is 32.2 Å². The molecule has 0 aliphatic carbocycles. The van der Waals surface area contributed by atoms with Crippen molar-refractivity contribution in [1.29, 1.82) is 0 Å². The van der Waals surface area contributed by atoms with Gasteiger partial charge in [0.25, 0.3) is 0 Å². The molecule has 0 spiro atoms. The fraction of sp³-hybridized carbons (Fsp3) is 0.525. The molecule has 3 aromatic carbocycles. The number of benzene rings is 3. The Labute approximate surface area is 297 Å². The zero-order valence-corrected chi connectivity index (χ0v) is 30.6. The molecule has 1 amide bonds. The van der Waals surface area contributed by atoms with Crippen LogP contribution in [0.3, 0.4) is 0 Å². The van der Waals surface area contributed by atoms with Gasteiger partial charge in [0, 0.05) is 44.6 Å². The van der Waals surface area contributed by atoms with Gasteiger partial charge in [0.05, 0.1) is 59.4 Å². The SMILES string of the molecule is CCOc1ccc(COC2CN(C(=O)OC(C)(C)C)CCC2c2ccc(OCCCOCc3ccccc3OC)cc2)cc1OCCCOC. The van der Waals surface area contributed by atoms with Crippen LogP contribution in [0.2, 0.25) is 0 Å². The number of likely N-dealkylation sites (tertiary alicyclic amines) is 1. The van der Waals surface area contributed by atoms with Crippen LogP contribution in [0, 0.1) is 0 Å². The first-order chi connectivity index (χ1) is 24.2. The fourth-order valence-corrected chi connectivity index (χ4v) is 5.74. The molecule has 50 heavy (non-hydrogen) atoms. The Morgan fingerprint density at radius 2 is 1.58 bits per heavy atom. The van der Waals surface area contributed by atoms with E-state index in [1.165, 1.54) is 0 Å². The van der Waals surface area contributed by atoms with Gasteiger partial charge < -0.3 is 42.8 Å². The molecule has 0 bridgehead atoms. The smallest absolute Gasteiger partial charge is 0.410 e. The second-order valence-electron chi connectivity index (χ2n) is 13.2. The molecular formula is C40H55NO9. The lowest BCUT2D eigenvalue weighted by Gasteiger charge is -2.39. The molecule has 274 valence electrons. The molecule has 10 heteroatoms. The van der Waals surface area contributed by atoms with E-state index >= 15 is 0 Å². The Balaban J connectivity index is 1.36. The first-order valence-corrected chi connectivity index (χ1v) is 17.6. The van der Waals surface area contributed by atoms with Gasteiger partial charge in [-0.15, -0.1) is 0 Å². The highest BCUT2D eigenvalue weighted by Crippen LogP contribution is 2.34. The minimum atomic E-state index is -0.580. The quantitative estimate of drug-likeness (QED) is 0.117. The molecule has 10 nitrogen and oxygen atoms in total. The van der Waals surface area contributed by atoms with Crippen LogP contribution in [0.5, 0.6) is 23.0 Å². The normalized spacial score (nSPS) is 16.2. The zero-order chi connectivity index (χ0) is 35.8. The van der Waals surface area contributed by atoms with E-state index in [4.69, 9.17) is 37.9 Å². The summed E-state index contributed by atoms with van der Waals surface area (Å²) in [5.41, 5.74) is 2.54. The van der Waals surface area contributed by atoms with Gasteiger partial charge in [0.15, 0.2) is 11.5 Å². The first kappa shape index (κ1) is 38.8. The molecule has 1 aliphatic heterocycles. The number of rotatable bonds is 19. The van der Waals surface area contributed by atoms with Crippen LogP contribution in [0.15, 0.2) is 66.7 Å². The minimum Gasteiger partial charge on any atom is -0.496 e. The van der Waals surface area contributed by atoms with Crippen molar-refractivity contribution in [2.75, 3.05) is 60.3 Å². The molecular weight excluding hydrogens is 638 g/mol. The Morgan fingerprint density at radius 1 is 0.820 bits per heavy atom. The average Bonchev–Trinajstić information content (AvgIpc) is 3.11. The average molecular weight is 694 g/mol. The number of ether oxygens (including phenoxy) is 8. The standard InChI is InChI=1S/C40H55NO9/c1-7-46-36-19-14-30(26-37(36)48-25-10-22-43-5)28-49-38-27-41(39(42)50-40(2,3)4)21-20-34(38)31-15-17-33(18-16-31)47-24-11-23-45-29-32-12-8-9-13-35(32)44-6/h8-9,12-19,26,34,38H,7,10-11,20-25,27-29H2,1-6H3. The molecule has 2 atom stereocenters. The van der Waals surface area contributed by atoms with E-state index in [0.717, 1.165) is 47.5 Å². The number of nitrogens with zero attached hydrogens (tertiary/aromatic N) is 1. The summed E-state index contributed by atoms with van der Waals surface area (Å²) >= 11 is 0. The molecule has 1 fully saturated rings. The van der Waals surface area contributed by atoms with E-state index in [1.54, 1.807) is 19.1 Å². The molecule has 0 saturated carbocycles. The van der Waals surface area contributed by atoms with Crippen LogP contribution in [0.1, 0.15) is 69.6 Å². The summed E-state index contributed by atoms with van der Waals surface area (Å²) in [6.07, 6.45) is 1.71. The van der Waals surface area contributed by atoms with Gasteiger partial charge >= 0.3 is 6.09 Å². The molecule has 2 unspecified atom stereocenters. The van der Waals surface area contributed by atoms with Crippen LogP contribution in [0.4, 0.5) is 4.79 Å². The van der Waals surface area contributed by atoms with Crippen molar-refractivity contribution >= 4 is 6.09 Å². The molecule has 0 N–H and O–H groups in total. The lowest BCUT2D eigenvalue weighted by atomic mass is 9.87. The maximum absolute atomic E-state index is 13.1. The second kappa shape index (κ2) is 20.0. The summed E-state index contributed by atoms with van der Waals surface area (Å²) in [7, 11) is 3.35. The Morgan fingerprint density at radius 3 is 2.32 bits per heavy atom. The molecule has 0 aromatic heterocycles. The summed E-state index contributed by atoms with van der Waals surface area (Å²) in [6.45, 7) is 12.3. The van der Waals surface area contributed by atoms with E-state index in [-0.39, 0.29) is 18.1 Å². The fourth-order valence-electron chi connectivity index (χ4n) is 5.74. The van der Waals surface area contributed by atoms with E-state index in [0.29, 0.717) is 70.8 Å². The third-order valence-electron chi connectivity index (χ3n) is 8.19. The molecule has 1 aliphatic rings. The first-order valence-electron chi connectivity index (χ1n) is 17.6. The Kier molecular flexibility index (Phi) is 15.5. The third-order valence-corrected chi connectivity index (χ3v) is 8.19. The molecule has 3 aromatic rings. The van der Waals surface area contributed by atoms with E-state index in [2.05, 4.69) is 12.1 Å². The molecule has 4 rings (SSSR count). The van der Waals surface area contributed by atoms with Crippen molar-refractivity contribution in [1.82, 2.24) is 4.90 Å². The Bertz CT molecular complexity index is 1440. The molecule has 1 heterocycles. The van der Waals surface area contributed by atoms with Gasteiger partial charge in [-0.2, -0.15) is 0 Å². The second-order valence-corrected chi connectivity index (χ2v) is 13.2. The lowest BCUT2D eigenvalue weighted by Crippen LogP contribution is -2.48. The maximum atomic E-state index is 13.1. The van der Waals surface area contributed by atoms with Crippen LogP contribution < -0.4 is 18.9 Å². The van der Waals surface area contributed by atoms with Gasteiger partial charge in [-0.05, 0) is 75.6 Å². The number of carbonyl (C=O) groups is 1. The largest absolute Gasteiger partial charge is 0.496 e. The number of carbonyl (C=O) groups excluding carboxylic acids is 1. The van der Waals surface area contributed by atoms with Crippen molar-refractivity contribution in [2.45, 2.75) is 77.8 Å². The third kappa shape index (κ3) is 12.4. The van der Waals surface area contributed by atoms with Gasteiger partial charge in [-0.3, -0.25) is 0 Å². The van der Waals surface area contributed by atoms with Gasteiger partial charge in [-0.25, -0.2) is 4.79 Å². The predicted octanol–water partition coefficient (Wildman–Crippen LogP) is 7.80. The number of hydrogen-bond acceptors (Lipinski definition) is 9. The zero-order valence-electron chi connectivity index (χ0n) is 30.6. The van der Waals surface area contributed by atoms with Gasteiger partial charge in [0.1, 0.15) is 17.1 Å². The maximum Gasteiger partial charge on any atom is 0.410 e. The Hall–Kier alpha value is -3.99. The van der Waals surface area contributed by atoms with Crippen LogP contribution in [0.25, 0.3) is 0 Å². The number of methoxy groups -OCH3 is 2. The van der Waals surface area contributed by atoms with E-state index < -0.39 is 5.60 Å². The molecule has 0 radical (unpaired) electrons. The molecule has 1 saturated heterocycles. The summed E-state index contributed by atoms with van der Waals surface area (Å²) < 4.78 is 46.6. The van der Waals surface area contributed by atoms with Crippen molar-refractivity contribution < 1.29 is 42.7 Å². The summed E-state index contributed by atoms with van der Waals surface area (Å²) in [6, 6.07) is 21.9. The number of amides is 1. The number of hydrogen-bond donors (Lipinski definition) is 0. The highest BCUT2D eigenvalue weighted by atomic mass is 16.6. The van der Waals surface area contributed by atoms with Crippen molar-refractivity contribution in [3.8, 4) is 23.0 Å². The van der Waals surface area contributed by atoms with Crippen LogP contribution >= 0.6 is 0 Å². The van der Waals surface area contributed by atoms with Crippen molar-refractivity contribution in [2.24, 2.45) is 0 Å². The monoisotopic (exact) mass is 693 g/mol. The predicted molar refractivity (Wildman–Crippen MR) is 193 cm³/mol. The summed E-state index contributed by atoms with van der Waals surface area (Å²) in [5.74, 6) is 3.09. The van der Waals surface area contributed by atoms with Gasteiger partial charge in [0.2, 0.25) is 0 Å². The van der Waals surface area contributed by atoms with E-state index in [9.17, 15) is 4.79 Å². The summed E-state index contributed by atoms with van der Waals surface area (Å²) in [5, 5.41) is 0. The van der Waals surface area contributed by atoms with E-state index in [1.807, 2.05) is 82.3 Å². The number of piperidine rings is 1. The van der Waals surface area contributed by atoms with Crippen molar-refractivity contribution in [3.05, 3.63) is 83.4 Å². The highest BCUT2D eigenvalue weighted by molar-refractivity contribution is 5.68. The van der Waals surface area contributed by atoms with Crippen molar-refractivity contribution in [3.63, 3.8) is 0 Å².